The van der Waals surface area contributed by atoms with Crippen LogP contribution in [0.2, 0.25) is 0 Å². The first-order chi connectivity index (χ1) is 25.8. The number of fused-ring (bicyclic) bond motifs is 6. The van der Waals surface area contributed by atoms with Gasteiger partial charge in [0.05, 0.1) is 25.4 Å². The van der Waals surface area contributed by atoms with Gasteiger partial charge in [-0.1, -0.05) is 127 Å². The van der Waals surface area contributed by atoms with E-state index in [4.69, 9.17) is 22.6 Å². The maximum atomic E-state index is 14.5. The Hall–Kier alpha value is -4.95. The van der Waals surface area contributed by atoms with Gasteiger partial charge in [-0.25, -0.2) is 13.9 Å². The van der Waals surface area contributed by atoms with E-state index in [1.807, 2.05) is 97.1 Å². The summed E-state index contributed by atoms with van der Waals surface area (Å²) in [5.41, 5.74) is 8.89. The smallest absolute Gasteiger partial charge is 0.423 e. The highest BCUT2D eigenvalue weighted by atomic mass is 31.3. The Bertz CT molecular complexity index is 2190. The molecule has 1 N–H and O–H groups in total. The van der Waals surface area contributed by atoms with Gasteiger partial charge in [0.15, 0.2) is 0 Å². The van der Waals surface area contributed by atoms with Crippen LogP contribution in [0, 0.1) is 0 Å². The molecule has 2 aliphatic carbocycles. The molecule has 0 saturated carbocycles. The lowest BCUT2D eigenvalue weighted by Crippen LogP contribution is -2.12. The lowest BCUT2D eigenvalue weighted by atomic mass is 9.98. The molecule has 6 aromatic carbocycles. The van der Waals surface area contributed by atoms with E-state index < -0.39 is 21.6 Å². The van der Waals surface area contributed by atoms with Crippen molar-refractivity contribution in [2.24, 2.45) is 0 Å². The fourth-order valence-corrected chi connectivity index (χ4v) is 9.62. The second kappa shape index (κ2) is 14.8. The number of phosphoric ester groups is 2. The summed E-state index contributed by atoms with van der Waals surface area (Å²) < 4.78 is 56.1. The van der Waals surface area contributed by atoms with Crippen molar-refractivity contribution in [1.29, 1.82) is 0 Å². The normalized spacial score (nSPS) is 14.5. The molecule has 53 heavy (non-hydrogen) atoms. The molecule has 11 heteroatoms. The zero-order valence-electron chi connectivity index (χ0n) is 28.3. The van der Waals surface area contributed by atoms with Crippen LogP contribution in [0.25, 0.3) is 22.3 Å². The second-order valence-electron chi connectivity index (χ2n) is 12.7. The van der Waals surface area contributed by atoms with Crippen molar-refractivity contribution < 1.29 is 41.4 Å². The van der Waals surface area contributed by atoms with Gasteiger partial charge in [-0.05, 0) is 74.3 Å². The van der Waals surface area contributed by atoms with E-state index in [1.54, 1.807) is 42.5 Å². The number of carbonyl (C=O) groups is 1. The molecule has 266 valence electrons. The molecule has 8 rings (SSSR count). The predicted molar refractivity (Wildman–Crippen MR) is 200 cm³/mol. The van der Waals surface area contributed by atoms with E-state index in [9.17, 15) is 18.8 Å². The van der Waals surface area contributed by atoms with Gasteiger partial charge in [0, 0.05) is 11.8 Å². The summed E-state index contributed by atoms with van der Waals surface area (Å²) in [6.45, 7) is -0.675. The SMILES string of the molecule is O=C(Oc1ccc(COP(=O)(O)OP(=O)(OCC2c3ccccc3-c3ccccc32)OCC2c3ccccc3-c3ccccc32)cc1)c1ccccc1. The van der Waals surface area contributed by atoms with Crippen molar-refractivity contribution in [1.82, 2.24) is 0 Å². The molecule has 0 heterocycles. The lowest BCUT2D eigenvalue weighted by molar-refractivity contribution is 0.0734. The van der Waals surface area contributed by atoms with Gasteiger partial charge in [0.2, 0.25) is 0 Å². The molecule has 6 aromatic rings. The standard InChI is InChI=1S/C42H34O9P2/c43-42(30-12-2-1-3-13-30)50-31-24-22-29(23-25-31)26-47-52(44,45)51-53(46,48-27-40-36-18-8-4-14-32(36)33-15-5-9-19-37(33)40)49-28-41-38-20-10-6-16-34(38)35-17-7-11-21-39(35)41/h1-25,40-41H,26-28H2,(H,44,45). The number of benzene rings is 6. The van der Waals surface area contributed by atoms with E-state index in [2.05, 4.69) is 0 Å². The van der Waals surface area contributed by atoms with Crippen LogP contribution < -0.4 is 4.74 Å². The zero-order valence-corrected chi connectivity index (χ0v) is 30.1. The maximum absolute atomic E-state index is 14.5. The summed E-state index contributed by atoms with van der Waals surface area (Å²) in [6, 6.07) is 46.3. The summed E-state index contributed by atoms with van der Waals surface area (Å²) in [4.78, 5) is 23.4. The van der Waals surface area contributed by atoms with Crippen LogP contribution in [0.3, 0.4) is 0 Å². The van der Waals surface area contributed by atoms with Gasteiger partial charge in [0.25, 0.3) is 0 Å². The quantitative estimate of drug-likeness (QED) is 0.0700. The molecule has 0 amide bonds. The first-order valence-electron chi connectivity index (χ1n) is 17.1. The van der Waals surface area contributed by atoms with Crippen molar-refractivity contribution in [3.05, 3.63) is 185 Å². The van der Waals surface area contributed by atoms with Crippen LogP contribution in [0.4, 0.5) is 0 Å². The number of carbonyl (C=O) groups excluding carboxylic acids is 1. The van der Waals surface area contributed by atoms with Crippen molar-refractivity contribution in [2.45, 2.75) is 18.4 Å². The Morgan fingerprint density at radius 2 is 0.943 bits per heavy atom. The van der Waals surface area contributed by atoms with Crippen LogP contribution in [0.15, 0.2) is 152 Å². The molecule has 0 bridgehead atoms. The number of hydrogen-bond acceptors (Lipinski definition) is 8. The molecular weight excluding hydrogens is 710 g/mol. The number of esters is 1. The number of phosphoric acid groups is 2. The maximum Gasteiger partial charge on any atom is 0.483 e. The van der Waals surface area contributed by atoms with Crippen LogP contribution in [-0.2, 0) is 33.6 Å². The van der Waals surface area contributed by atoms with Gasteiger partial charge in [-0.2, -0.15) is 4.31 Å². The molecule has 0 fully saturated rings. The fraction of sp³-hybridized carbons (Fsp3) is 0.119. The molecule has 0 spiro atoms. The van der Waals surface area contributed by atoms with E-state index >= 15 is 0 Å². The molecule has 0 saturated heterocycles. The van der Waals surface area contributed by atoms with E-state index in [-0.39, 0.29) is 37.4 Å². The van der Waals surface area contributed by atoms with Crippen LogP contribution in [-0.4, -0.2) is 24.1 Å². The third-order valence-corrected chi connectivity index (χ3v) is 12.5. The molecule has 1 unspecified atom stereocenters. The van der Waals surface area contributed by atoms with E-state index in [0.717, 1.165) is 44.5 Å². The van der Waals surface area contributed by atoms with Crippen LogP contribution in [0.5, 0.6) is 5.75 Å². The fourth-order valence-electron chi connectivity index (χ4n) is 6.99. The Kier molecular flexibility index (Phi) is 9.81. The van der Waals surface area contributed by atoms with Gasteiger partial charge in [-0.15, -0.1) is 0 Å². The third-order valence-electron chi connectivity index (χ3n) is 9.46. The molecule has 2 aliphatic rings. The highest BCUT2D eigenvalue weighted by Gasteiger charge is 2.42. The van der Waals surface area contributed by atoms with Crippen LogP contribution >= 0.6 is 15.6 Å². The largest absolute Gasteiger partial charge is 0.483 e. The minimum Gasteiger partial charge on any atom is -0.423 e. The molecule has 9 nitrogen and oxygen atoms in total. The molecule has 1 atom stereocenters. The summed E-state index contributed by atoms with van der Waals surface area (Å²) in [6.07, 6.45) is 0. The van der Waals surface area contributed by atoms with Gasteiger partial charge in [0.1, 0.15) is 5.75 Å². The summed E-state index contributed by atoms with van der Waals surface area (Å²) in [5, 5.41) is 0. The Labute approximate surface area is 307 Å². The Morgan fingerprint density at radius 3 is 1.40 bits per heavy atom. The average Bonchev–Trinajstić information content (AvgIpc) is 3.68. The first-order valence-corrected chi connectivity index (χ1v) is 20.0. The zero-order chi connectivity index (χ0) is 36.4. The number of hydrogen-bond donors (Lipinski definition) is 1. The summed E-state index contributed by atoms with van der Waals surface area (Å²) in [7, 11) is -9.80. The van der Waals surface area contributed by atoms with E-state index in [0.29, 0.717) is 11.1 Å². The van der Waals surface area contributed by atoms with E-state index in [1.165, 1.54) is 12.1 Å². The van der Waals surface area contributed by atoms with Crippen molar-refractivity contribution in [2.75, 3.05) is 13.2 Å². The van der Waals surface area contributed by atoms with Crippen LogP contribution in [0.1, 0.15) is 50.0 Å². The van der Waals surface area contributed by atoms with Gasteiger partial charge >= 0.3 is 21.6 Å². The first kappa shape index (κ1) is 35.1. The second-order valence-corrected chi connectivity index (χ2v) is 16.0. The average molecular weight is 745 g/mol. The highest BCUT2D eigenvalue weighted by molar-refractivity contribution is 7.61. The van der Waals surface area contributed by atoms with Crippen molar-refractivity contribution in [3.63, 3.8) is 0 Å². The lowest BCUT2D eigenvalue weighted by Gasteiger charge is -2.24. The summed E-state index contributed by atoms with van der Waals surface area (Å²) >= 11 is 0. The molecule has 0 aromatic heterocycles. The van der Waals surface area contributed by atoms with Crippen molar-refractivity contribution in [3.8, 4) is 28.0 Å². The Balaban J connectivity index is 1.00. The van der Waals surface area contributed by atoms with Gasteiger partial charge in [-0.3, -0.25) is 13.6 Å². The molecule has 0 radical (unpaired) electrons. The minimum atomic E-state index is -5.04. The number of rotatable bonds is 13. The predicted octanol–water partition coefficient (Wildman–Crippen LogP) is 10.3. The monoisotopic (exact) mass is 744 g/mol. The highest BCUT2D eigenvalue weighted by Crippen LogP contribution is 2.65. The minimum absolute atomic E-state index is 0.147. The number of ether oxygens (including phenoxy) is 1. The molecule has 0 aliphatic heterocycles. The van der Waals surface area contributed by atoms with Crippen molar-refractivity contribution >= 4 is 21.6 Å². The molecular formula is C42H34O9P2. The third kappa shape index (κ3) is 7.47. The topological polar surface area (TPSA) is 118 Å². The summed E-state index contributed by atoms with van der Waals surface area (Å²) in [5.74, 6) is -0.899. The Morgan fingerprint density at radius 1 is 0.528 bits per heavy atom. The van der Waals surface area contributed by atoms with Gasteiger partial charge < -0.3 is 9.63 Å².